The number of hydrogen-bond donors (Lipinski definition) is 1. The minimum atomic E-state index is -4.14. The van der Waals surface area contributed by atoms with E-state index in [9.17, 15) is 17.6 Å². The maximum atomic E-state index is 13.6. The summed E-state index contributed by atoms with van der Waals surface area (Å²) >= 11 is 6.14. The molecule has 3 aromatic rings. The molecule has 0 bridgehead atoms. The normalized spacial score (nSPS) is 12.2. The van der Waals surface area contributed by atoms with E-state index >= 15 is 0 Å². The molecule has 3 rings (SSSR count). The van der Waals surface area contributed by atoms with E-state index in [-0.39, 0.29) is 27.2 Å². The molecule has 174 valence electrons. The zero-order valence-corrected chi connectivity index (χ0v) is 20.0. The number of aryl methyl sites for hydroxylation is 1. The summed E-state index contributed by atoms with van der Waals surface area (Å²) in [6, 6.07) is 16.1. The third-order valence-electron chi connectivity index (χ3n) is 5.05. The van der Waals surface area contributed by atoms with Crippen molar-refractivity contribution < 1.29 is 22.3 Å². The highest BCUT2D eigenvalue weighted by molar-refractivity contribution is 7.92. The summed E-state index contributed by atoms with van der Waals surface area (Å²) in [6.45, 7) is 3.06. The number of nitrogens with one attached hydrogen (secondary N) is 1. The van der Waals surface area contributed by atoms with Crippen molar-refractivity contribution in [2.45, 2.75) is 24.8 Å². The molecular weight excluding hydrogens is 467 g/mol. The SMILES string of the molecule is COc1ccc(Cl)cc1N(CC(=O)N[C@H](C)c1ccc(F)cc1)S(=O)(=O)c1ccc(C)cc1. The molecular formula is C24H24ClFN2O4S. The fourth-order valence-electron chi connectivity index (χ4n) is 3.25. The van der Waals surface area contributed by atoms with Crippen LogP contribution in [0.3, 0.4) is 0 Å². The van der Waals surface area contributed by atoms with Crippen molar-refractivity contribution in [2.75, 3.05) is 18.0 Å². The predicted molar refractivity (Wildman–Crippen MR) is 127 cm³/mol. The van der Waals surface area contributed by atoms with Gasteiger partial charge in [0.25, 0.3) is 10.0 Å². The van der Waals surface area contributed by atoms with Gasteiger partial charge in [-0.3, -0.25) is 9.10 Å². The number of amides is 1. The van der Waals surface area contributed by atoms with Crippen LogP contribution in [0.5, 0.6) is 5.75 Å². The Balaban J connectivity index is 1.97. The van der Waals surface area contributed by atoms with E-state index in [4.69, 9.17) is 16.3 Å². The summed E-state index contributed by atoms with van der Waals surface area (Å²) in [4.78, 5) is 13.0. The number of hydrogen-bond acceptors (Lipinski definition) is 4. The van der Waals surface area contributed by atoms with E-state index in [2.05, 4.69) is 5.32 Å². The number of benzene rings is 3. The Bertz CT molecular complexity index is 1230. The highest BCUT2D eigenvalue weighted by Crippen LogP contribution is 2.35. The summed E-state index contributed by atoms with van der Waals surface area (Å²) in [5, 5.41) is 3.05. The van der Waals surface area contributed by atoms with Crippen molar-refractivity contribution in [3.05, 3.63) is 88.7 Å². The van der Waals surface area contributed by atoms with Crippen LogP contribution in [-0.4, -0.2) is 28.0 Å². The second kappa shape index (κ2) is 10.2. The highest BCUT2D eigenvalue weighted by atomic mass is 35.5. The number of halogens is 2. The summed E-state index contributed by atoms with van der Waals surface area (Å²) in [7, 11) is -2.73. The first-order valence-corrected chi connectivity index (χ1v) is 11.9. The van der Waals surface area contributed by atoms with Gasteiger partial charge in [0.05, 0.1) is 23.7 Å². The fourth-order valence-corrected chi connectivity index (χ4v) is 4.84. The third-order valence-corrected chi connectivity index (χ3v) is 7.06. The lowest BCUT2D eigenvalue weighted by Gasteiger charge is -2.26. The average molecular weight is 491 g/mol. The first-order valence-electron chi connectivity index (χ1n) is 10.1. The zero-order chi connectivity index (χ0) is 24.2. The van der Waals surface area contributed by atoms with E-state index in [1.807, 2.05) is 6.92 Å². The number of rotatable bonds is 8. The topological polar surface area (TPSA) is 75.7 Å². The standard InChI is InChI=1S/C24H24ClFN2O4S/c1-16-4-11-21(12-5-16)33(30,31)28(22-14-19(25)8-13-23(22)32-3)15-24(29)27-17(2)18-6-9-20(26)10-7-18/h4-14,17H,15H2,1-3H3,(H,27,29)/t17-/m1/s1. The van der Waals surface area contributed by atoms with Gasteiger partial charge in [0.2, 0.25) is 5.91 Å². The Morgan fingerprint density at radius 3 is 2.33 bits per heavy atom. The summed E-state index contributed by atoms with van der Waals surface area (Å²) in [5.41, 5.74) is 1.71. The van der Waals surface area contributed by atoms with Gasteiger partial charge < -0.3 is 10.1 Å². The Morgan fingerprint density at radius 2 is 1.73 bits per heavy atom. The van der Waals surface area contributed by atoms with Crippen LogP contribution in [-0.2, 0) is 14.8 Å². The molecule has 0 saturated heterocycles. The van der Waals surface area contributed by atoms with Gasteiger partial charge in [0.15, 0.2) is 0 Å². The van der Waals surface area contributed by atoms with Crippen LogP contribution in [0.1, 0.15) is 24.1 Å². The van der Waals surface area contributed by atoms with Crippen LogP contribution in [0.15, 0.2) is 71.6 Å². The van der Waals surface area contributed by atoms with Crippen LogP contribution in [0.25, 0.3) is 0 Å². The molecule has 0 unspecified atom stereocenters. The van der Waals surface area contributed by atoms with Gasteiger partial charge >= 0.3 is 0 Å². The third kappa shape index (κ3) is 5.83. The van der Waals surface area contributed by atoms with E-state index in [1.165, 1.54) is 43.5 Å². The molecule has 0 saturated carbocycles. The highest BCUT2D eigenvalue weighted by Gasteiger charge is 2.30. The monoisotopic (exact) mass is 490 g/mol. The number of ether oxygens (including phenoxy) is 1. The maximum Gasteiger partial charge on any atom is 0.264 e. The van der Waals surface area contributed by atoms with E-state index in [0.717, 1.165) is 9.87 Å². The molecule has 0 aliphatic heterocycles. The molecule has 1 amide bonds. The Morgan fingerprint density at radius 1 is 1.09 bits per heavy atom. The lowest BCUT2D eigenvalue weighted by atomic mass is 10.1. The Kier molecular flexibility index (Phi) is 7.61. The minimum absolute atomic E-state index is 0.0227. The van der Waals surface area contributed by atoms with E-state index in [0.29, 0.717) is 5.56 Å². The molecule has 1 atom stereocenters. The van der Waals surface area contributed by atoms with Gasteiger partial charge in [0.1, 0.15) is 18.1 Å². The number of sulfonamides is 1. The largest absolute Gasteiger partial charge is 0.495 e. The number of carbonyl (C=O) groups excluding carboxylic acids is 1. The van der Waals surface area contributed by atoms with E-state index in [1.54, 1.807) is 37.3 Å². The molecule has 0 aromatic heterocycles. The van der Waals surface area contributed by atoms with Crippen molar-refractivity contribution in [2.24, 2.45) is 0 Å². The van der Waals surface area contributed by atoms with Gasteiger partial charge in [-0.1, -0.05) is 41.4 Å². The number of nitrogens with zero attached hydrogens (tertiary/aromatic N) is 1. The quantitative estimate of drug-likeness (QED) is 0.489. The molecule has 9 heteroatoms. The van der Waals surface area contributed by atoms with Crippen LogP contribution < -0.4 is 14.4 Å². The van der Waals surface area contributed by atoms with Gasteiger partial charge in [-0.05, 0) is 61.9 Å². The van der Waals surface area contributed by atoms with Crippen molar-refractivity contribution in [1.29, 1.82) is 0 Å². The van der Waals surface area contributed by atoms with Gasteiger partial charge in [-0.25, -0.2) is 12.8 Å². The zero-order valence-electron chi connectivity index (χ0n) is 18.4. The Hall–Kier alpha value is -3.10. The molecule has 0 aliphatic rings. The number of methoxy groups -OCH3 is 1. The summed E-state index contributed by atoms with van der Waals surface area (Å²) < 4.78 is 46.6. The molecule has 6 nitrogen and oxygen atoms in total. The second-order valence-corrected chi connectivity index (χ2v) is 9.78. The predicted octanol–water partition coefficient (Wildman–Crippen LogP) is 4.87. The van der Waals surface area contributed by atoms with Gasteiger partial charge in [0, 0.05) is 5.02 Å². The number of anilines is 1. The van der Waals surface area contributed by atoms with Crippen molar-refractivity contribution in [3.8, 4) is 5.75 Å². The summed E-state index contributed by atoms with van der Waals surface area (Å²) in [6.07, 6.45) is 0. The van der Waals surface area contributed by atoms with Gasteiger partial charge in [-0.2, -0.15) is 0 Å². The molecule has 0 fully saturated rings. The van der Waals surface area contributed by atoms with Crippen LogP contribution in [0.2, 0.25) is 5.02 Å². The summed E-state index contributed by atoms with van der Waals surface area (Å²) in [5.74, 6) is -0.695. The first-order chi connectivity index (χ1) is 15.6. The lowest BCUT2D eigenvalue weighted by molar-refractivity contribution is -0.120. The molecule has 0 radical (unpaired) electrons. The van der Waals surface area contributed by atoms with E-state index < -0.39 is 28.5 Å². The molecule has 33 heavy (non-hydrogen) atoms. The van der Waals surface area contributed by atoms with Crippen LogP contribution in [0.4, 0.5) is 10.1 Å². The van der Waals surface area contributed by atoms with Crippen molar-refractivity contribution in [3.63, 3.8) is 0 Å². The number of carbonyl (C=O) groups is 1. The lowest BCUT2D eigenvalue weighted by Crippen LogP contribution is -2.41. The van der Waals surface area contributed by atoms with Crippen LogP contribution >= 0.6 is 11.6 Å². The maximum absolute atomic E-state index is 13.6. The smallest absolute Gasteiger partial charge is 0.264 e. The Labute approximate surface area is 198 Å². The average Bonchev–Trinajstić information content (AvgIpc) is 2.78. The molecule has 1 N–H and O–H groups in total. The van der Waals surface area contributed by atoms with Gasteiger partial charge in [-0.15, -0.1) is 0 Å². The molecule has 0 aliphatic carbocycles. The molecule has 0 spiro atoms. The van der Waals surface area contributed by atoms with Crippen LogP contribution in [0, 0.1) is 12.7 Å². The minimum Gasteiger partial charge on any atom is -0.495 e. The second-order valence-electron chi connectivity index (χ2n) is 7.48. The molecule has 0 heterocycles. The van der Waals surface area contributed by atoms with Crippen molar-refractivity contribution in [1.82, 2.24) is 5.32 Å². The fraction of sp³-hybridized carbons (Fsp3) is 0.208. The first kappa shape index (κ1) is 24.5. The molecule has 3 aromatic carbocycles. The van der Waals surface area contributed by atoms with Crippen molar-refractivity contribution >= 4 is 33.2 Å².